The summed E-state index contributed by atoms with van der Waals surface area (Å²) >= 11 is 0. The van der Waals surface area contributed by atoms with Crippen LogP contribution in [0.5, 0.6) is 0 Å². The molecule has 5 nitrogen and oxygen atoms in total. The fourth-order valence-corrected chi connectivity index (χ4v) is 3.98. The zero-order valence-corrected chi connectivity index (χ0v) is 17.0. The standard InChI is InChI=1S/C27H18N4O/c32-16-17-1-3-18(4-2-17)27-25-11-9-23(30-25)14-21-7-5-19(28-21)13-20-6-8-22(29-20)15-24-10-12-26(27)31-24/h1-16,28,32H. The molecule has 0 amide bonds. The topological polar surface area (TPSA) is 73.1 Å². The van der Waals surface area contributed by atoms with Gasteiger partial charge in [0, 0.05) is 22.2 Å². The second kappa shape index (κ2) is 7.32. The number of nitrogens with zero attached hydrogens (tertiary/aromatic N) is 3. The Balaban J connectivity index is 1.59. The number of allylic oxidation sites excluding steroid dienone is 7. The number of benzene rings is 1. The van der Waals surface area contributed by atoms with E-state index in [0.717, 1.165) is 67.9 Å². The van der Waals surface area contributed by atoms with E-state index in [0.29, 0.717) is 0 Å². The maximum atomic E-state index is 9.30. The largest absolute Gasteiger partial charge is 0.515 e. The zero-order valence-electron chi connectivity index (χ0n) is 17.0. The Morgan fingerprint density at radius 3 is 1.88 bits per heavy atom. The molecular formula is C27H18N4O. The number of hydrogen-bond acceptors (Lipinski definition) is 4. The third kappa shape index (κ3) is 3.36. The van der Waals surface area contributed by atoms with Crippen molar-refractivity contribution in [1.29, 1.82) is 0 Å². The van der Waals surface area contributed by atoms with E-state index in [1.54, 1.807) is 0 Å². The van der Waals surface area contributed by atoms with Gasteiger partial charge in [0.15, 0.2) is 0 Å². The van der Waals surface area contributed by atoms with Gasteiger partial charge < -0.3 is 10.1 Å². The maximum Gasteiger partial charge on any atom is 0.0864 e. The molecule has 5 heterocycles. The molecule has 0 spiro atoms. The lowest BCUT2D eigenvalue weighted by molar-refractivity contribution is 0.540. The number of aromatic amines is 1. The van der Waals surface area contributed by atoms with E-state index >= 15 is 0 Å². The Kier molecular flexibility index (Phi) is 4.18. The molecule has 152 valence electrons. The lowest BCUT2D eigenvalue weighted by Crippen LogP contribution is -2.19. The second-order valence-electron chi connectivity index (χ2n) is 7.73. The van der Waals surface area contributed by atoms with Crippen molar-refractivity contribution in [3.8, 4) is 0 Å². The van der Waals surface area contributed by atoms with Gasteiger partial charge in [-0.3, -0.25) is 0 Å². The third-order valence-electron chi connectivity index (χ3n) is 5.50. The molecule has 8 bridgehead atoms. The van der Waals surface area contributed by atoms with Crippen molar-refractivity contribution in [2.45, 2.75) is 0 Å². The van der Waals surface area contributed by atoms with Gasteiger partial charge in [-0.2, -0.15) is 0 Å². The van der Waals surface area contributed by atoms with Crippen LogP contribution in [0.15, 0.2) is 111 Å². The summed E-state index contributed by atoms with van der Waals surface area (Å²) in [7, 11) is 0. The molecule has 0 saturated heterocycles. The molecule has 32 heavy (non-hydrogen) atoms. The van der Waals surface area contributed by atoms with Crippen LogP contribution in [0.4, 0.5) is 0 Å². The van der Waals surface area contributed by atoms with Crippen molar-refractivity contribution in [3.05, 3.63) is 118 Å². The molecule has 0 radical (unpaired) electrons. The highest BCUT2D eigenvalue weighted by atomic mass is 16.2. The minimum absolute atomic E-state index is 0.744. The monoisotopic (exact) mass is 414 g/mol. The van der Waals surface area contributed by atoms with Crippen molar-refractivity contribution in [2.24, 2.45) is 15.0 Å². The smallest absolute Gasteiger partial charge is 0.0864 e. The van der Waals surface area contributed by atoms with Crippen LogP contribution in [0.1, 0.15) is 11.4 Å². The van der Waals surface area contributed by atoms with E-state index in [-0.39, 0.29) is 0 Å². The second-order valence-corrected chi connectivity index (χ2v) is 7.73. The van der Waals surface area contributed by atoms with Crippen LogP contribution in [0.3, 0.4) is 0 Å². The zero-order chi connectivity index (χ0) is 21.5. The maximum absolute atomic E-state index is 9.30. The van der Waals surface area contributed by atoms with Crippen LogP contribution in [-0.4, -0.2) is 27.2 Å². The number of aliphatic hydroxyl groups is 1. The predicted molar refractivity (Wildman–Crippen MR) is 131 cm³/mol. The van der Waals surface area contributed by atoms with Crippen LogP contribution in [0, 0.1) is 0 Å². The lowest BCUT2D eigenvalue weighted by atomic mass is 10.0. The van der Waals surface area contributed by atoms with Crippen LogP contribution in [0.25, 0.3) is 24.0 Å². The molecule has 0 unspecified atom stereocenters. The minimum Gasteiger partial charge on any atom is -0.515 e. The van der Waals surface area contributed by atoms with Gasteiger partial charge in [-0.25, -0.2) is 15.0 Å². The van der Waals surface area contributed by atoms with E-state index in [1.807, 2.05) is 91.1 Å². The highest BCUT2D eigenvalue weighted by Gasteiger charge is 2.18. The Morgan fingerprint density at radius 2 is 1.22 bits per heavy atom. The van der Waals surface area contributed by atoms with Gasteiger partial charge in [0.05, 0.1) is 40.5 Å². The number of aliphatic hydroxyl groups excluding tert-OH is 1. The van der Waals surface area contributed by atoms with Crippen molar-refractivity contribution in [3.63, 3.8) is 0 Å². The average molecular weight is 414 g/mol. The summed E-state index contributed by atoms with van der Waals surface area (Å²) in [5.74, 6) is 0. The number of aromatic nitrogens is 1. The predicted octanol–water partition coefficient (Wildman–Crippen LogP) is 3.77. The number of H-pyrrole nitrogens is 1. The molecular weight excluding hydrogens is 396 g/mol. The molecule has 0 aliphatic carbocycles. The molecule has 4 aliphatic heterocycles. The van der Waals surface area contributed by atoms with Gasteiger partial charge in [0.2, 0.25) is 0 Å². The number of fused-ring (bicyclic) bond motifs is 5. The summed E-state index contributed by atoms with van der Waals surface area (Å²) in [6.07, 6.45) is 19.1. The third-order valence-corrected chi connectivity index (χ3v) is 5.50. The van der Waals surface area contributed by atoms with Crippen LogP contribution in [0.2, 0.25) is 0 Å². The molecule has 2 aromatic rings. The molecule has 0 fully saturated rings. The molecule has 6 rings (SSSR count). The van der Waals surface area contributed by atoms with Gasteiger partial charge in [-0.05, 0) is 72.0 Å². The van der Waals surface area contributed by atoms with Gasteiger partial charge in [-0.15, -0.1) is 0 Å². The minimum atomic E-state index is 0.744. The van der Waals surface area contributed by atoms with E-state index in [9.17, 15) is 5.11 Å². The Morgan fingerprint density at radius 1 is 0.625 bits per heavy atom. The fraction of sp³-hybridized carbons (Fsp3) is 0. The number of nitrogens with one attached hydrogen (secondary N) is 1. The summed E-state index contributed by atoms with van der Waals surface area (Å²) in [5, 5.41) is 11.0. The Labute approximate surface area is 184 Å². The first-order valence-corrected chi connectivity index (χ1v) is 10.3. The molecule has 5 heteroatoms. The average Bonchev–Trinajstić information content (AvgIpc) is 3.60. The molecule has 1 aromatic carbocycles. The van der Waals surface area contributed by atoms with Gasteiger partial charge >= 0.3 is 0 Å². The SMILES string of the molecule is OC=c1ccc(=C2C3=NC(=CC4=NC(=Cc5ccc([nH]5)C=C5C=CC2=N5)C=C4)C=C3)cc1. The summed E-state index contributed by atoms with van der Waals surface area (Å²) < 4.78 is 0. The number of hydrogen-bond donors (Lipinski definition) is 2. The van der Waals surface area contributed by atoms with Gasteiger partial charge in [0.25, 0.3) is 0 Å². The first-order chi connectivity index (χ1) is 15.7. The first-order valence-electron chi connectivity index (χ1n) is 10.3. The van der Waals surface area contributed by atoms with E-state index in [4.69, 9.17) is 9.98 Å². The molecule has 0 atom stereocenters. The number of aliphatic imine (C=N–C) groups is 3. The summed E-state index contributed by atoms with van der Waals surface area (Å²) in [5.41, 5.74) is 8.06. The fourth-order valence-electron chi connectivity index (χ4n) is 3.98. The quantitative estimate of drug-likeness (QED) is 0.677. The number of rotatable bonds is 0. The highest BCUT2D eigenvalue weighted by molar-refractivity contribution is 6.51. The molecule has 4 aliphatic rings. The lowest BCUT2D eigenvalue weighted by Gasteiger charge is -2.05. The van der Waals surface area contributed by atoms with Gasteiger partial charge in [-0.1, -0.05) is 24.3 Å². The van der Waals surface area contributed by atoms with Gasteiger partial charge in [0.1, 0.15) is 0 Å². The summed E-state index contributed by atoms with van der Waals surface area (Å²) in [6, 6.07) is 11.8. The van der Waals surface area contributed by atoms with Crippen molar-refractivity contribution < 1.29 is 5.11 Å². The highest BCUT2D eigenvalue weighted by Crippen LogP contribution is 2.23. The van der Waals surface area contributed by atoms with Crippen molar-refractivity contribution in [2.75, 3.05) is 0 Å². The molecule has 1 aromatic heterocycles. The van der Waals surface area contributed by atoms with Crippen LogP contribution < -0.4 is 10.4 Å². The Bertz CT molecular complexity index is 1540. The van der Waals surface area contributed by atoms with Crippen molar-refractivity contribution >= 4 is 41.1 Å². The van der Waals surface area contributed by atoms with Crippen LogP contribution in [-0.2, 0) is 0 Å². The van der Waals surface area contributed by atoms with Crippen molar-refractivity contribution in [1.82, 2.24) is 4.98 Å². The first kappa shape index (κ1) is 18.3. The van der Waals surface area contributed by atoms with E-state index in [2.05, 4.69) is 9.98 Å². The summed E-state index contributed by atoms with van der Waals surface area (Å²) in [6.45, 7) is 0. The van der Waals surface area contributed by atoms with Crippen LogP contribution >= 0.6 is 0 Å². The normalized spacial score (nSPS) is 18.2. The summed E-state index contributed by atoms with van der Waals surface area (Å²) in [4.78, 5) is 17.8. The van der Waals surface area contributed by atoms with E-state index in [1.165, 1.54) is 0 Å². The Hall–Kier alpha value is -4.51. The van der Waals surface area contributed by atoms with E-state index < -0.39 is 0 Å². The molecule has 2 N–H and O–H groups in total. The molecule has 0 saturated carbocycles.